The number of aromatic hydroxyl groups is 3. The summed E-state index contributed by atoms with van der Waals surface area (Å²) >= 11 is 0. The minimum atomic E-state index is -0.139. The highest BCUT2D eigenvalue weighted by Crippen LogP contribution is 2.49. The summed E-state index contributed by atoms with van der Waals surface area (Å²) in [5.74, 6) is 0.544. The van der Waals surface area contributed by atoms with Gasteiger partial charge in [0.2, 0.25) is 0 Å². The van der Waals surface area contributed by atoms with Crippen molar-refractivity contribution in [3.05, 3.63) is 53.6 Å². The summed E-state index contributed by atoms with van der Waals surface area (Å²) in [6.45, 7) is 4.27. The molecular formula is C18H20O4. The molecule has 3 N–H and O–H groups in total. The normalized spacial score (nSPS) is 27.9. The second-order valence-corrected chi connectivity index (χ2v) is 6.04. The van der Waals surface area contributed by atoms with Gasteiger partial charge in [0.05, 0.1) is 12.2 Å². The van der Waals surface area contributed by atoms with Crippen LogP contribution >= 0.6 is 0 Å². The molecular weight excluding hydrogens is 280 g/mol. The van der Waals surface area contributed by atoms with E-state index in [-0.39, 0.29) is 35.4 Å². The van der Waals surface area contributed by atoms with Gasteiger partial charge >= 0.3 is 0 Å². The van der Waals surface area contributed by atoms with Crippen molar-refractivity contribution in [2.75, 3.05) is 0 Å². The number of phenolic OH excluding ortho intramolecular Hbond substituents is 3. The van der Waals surface area contributed by atoms with Gasteiger partial charge in [-0.05, 0) is 47.2 Å². The van der Waals surface area contributed by atoms with Crippen LogP contribution in [0.3, 0.4) is 0 Å². The molecule has 4 heteroatoms. The second-order valence-electron chi connectivity index (χ2n) is 6.04. The molecule has 4 nitrogen and oxygen atoms in total. The Bertz CT molecular complexity index is 665. The third-order valence-corrected chi connectivity index (χ3v) is 4.63. The van der Waals surface area contributed by atoms with E-state index in [2.05, 4.69) is 13.8 Å². The van der Waals surface area contributed by atoms with Gasteiger partial charge in [-0.15, -0.1) is 0 Å². The zero-order chi connectivity index (χ0) is 15.9. The Hall–Kier alpha value is -2.20. The Kier molecular flexibility index (Phi) is 3.71. The van der Waals surface area contributed by atoms with E-state index in [9.17, 15) is 15.3 Å². The monoisotopic (exact) mass is 300 g/mol. The molecule has 1 aliphatic heterocycles. The minimum Gasteiger partial charge on any atom is -0.508 e. The zero-order valence-electron chi connectivity index (χ0n) is 12.6. The third-order valence-electron chi connectivity index (χ3n) is 4.63. The fourth-order valence-corrected chi connectivity index (χ4v) is 3.10. The third kappa shape index (κ3) is 2.50. The molecule has 0 saturated carbocycles. The summed E-state index contributed by atoms with van der Waals surface area (Å²) < 4.78 is 6.22. The van der Waals surface area contributed by atoms with Gasteiger partial charge in [-0.1, -0.05) is 32.0 Å². The SMILES string of the molecule is C[C@@H]1[C@H](C)[C@@H](c2ccc(O)cc2)O[C@@H]1c1ccc(O)c(O)c1. The highest BCUT2D eigenvalue weighted by molar-refractivity contribution is 5.41. The van der Waals surface area contributed by atoms with E-state index < -0.39 is 0 Å². The van der Waals surface area contributed by atoms with E-state index in [0.29, 0.717) is 5.92 Å². The first kappa shape index (κ1) is 14.7. The van der Waals surface area contributed by atoms with Crippen molar-refractivity contribution in [2.24, 2.45) is 11.8 Å². The van der Waals surface area contributed by atoms with E-state index >= 15 is 0 Å². The first-order valence-electron chi connectivity index (χ1n) is 7.43. The molecule has 0 spiro atoms. The summed E-state index contributed by atoms with van der Waals surface area (Å²) in [4.78, 5) is 0. The fourth-order valence-electron chi connectivity index (χ4n) is 3.10. The number of hydrogen-bond donors (Lipinski definition) is 3. The first-order chi connectivity index (χ1) is 10.5. The van der Waals surface area contributed by atoms with Gasteiger partial charge < -0.3 is 20.1 Å². The highest BCUT2D eigenvalue weighted by atomic mass is 16.5. The van der Waals surface area contributed by atoms with Crippen LogP contribution < -0.4 is 0 Å². The second kappa shape index (κ2) is 5.54. The number of benzene rings is 2. The van der Waals surface area contributed by atoms with Crippen LogP contribution in [0.5, 0.6) is 17.2 Å². The van der Waals surface area contributed by atoms with Crippen LogP contribution in [0.1, 0.15) is 37.2 Å². The lowest BCUT2D eigenvalue weighted by atomic mass is 9.85. The molecule has 1 aliphatic rings. The Balaban J connectivity index is 1.89. The quantitative estimate of drug-likeness (QED) is 0.736. The lowest BCUT2D eigenvalue weighted by molar-refractivity contribution is 0.0289. The number of ether oxygens (including phenoxy) is 1. The molecule has 0 aliphatic carbocycles. The van der Waals surface area contributed by atoms with Crippen LogP contribution in [0, 0.1) is 11.8 Å². The molecule has 0 radical (unpaired) electrons. The molecule has 2 aromatic rings. The van der Waals surface area contributed by atoms with Gasteiger partial charge in [-0.2, -0.15) is 0 Å². The maximum absolute atomic E-state index is 9.69. The van der Waals surface area contributed by atoms with Crippen LogP contribution in [0.15, 0.2) is 42.5 Å². The Morgan fingerprint density at radius 3 is 1.86 bits per heavy atom. The van der Waals surface area contributed by atoms with Crippen LogP contribution in [0.4, 0.5) is 0 Å². The van der Waals surface area contributed by atoms with E-state index in [1.165, 1.54) is 6.07 Å². The van der Waals surface area contributed by atoms with Crippen molar-refractivity contribution in [3.63, 3.8) is 0 Å². The maximum atomic E-state index is 9.69. The maximum Gasteiger partial charge on any atom is 0.157 e. The van der Waals surface area contributed by atoms with Gasteiger partial charge in [-0.25, -0.2) is 0 Å². The number of hydrogen-bond acceptors (Lipinski definition) is 4. The van der Waals surface area contributed by atoms with Crippen LogP contribution in [-0.4, -0.2) is 15.3 Å². The van der Waals surface area contributed by atoms with Crippen molar-refractivity contribution in [2.45, 2.75) is 26.1 Å². The fraction of sp³-hybridized carbons (Fsp3) is 0.333. The summed E-state index contributed by atoms with van der Waals surface area (Å²) in [6.07, 6.45) is -0.197. The van der Waals surface area contributed by atoms with Crippen molar-refractivity contribution in [1.29, 1.82) is 0 Å². The Morgan fingerprint density at radius 1 is 0.727 bits per heavy atom. The summed E-state index contributed by atoms with van der Waals surface area (Å²) in [7, 11) is 0. The molecule has 4 atom stereocenters. The van der Waals surface area contributed by atoms with E-state index in [4.69, 9.17) is 4.74 Å². The van der Waals surface area contributed by atoms with Gasteiger partial charge in [0, 0.05) is 0 Å². The minimum absolute atomic E-state index is 0.0588. The van der Waals surface area contributed by atoms with Gasteiger partial charge in [0.15, 0.2) is 11.5 Å². The largest absolute Gasteiger partial charge is 0.508 e. The predicted molar refractivity (Wildman–Crippen MR) is 82.8 cm³/mol. The average molecular weight is 300 g/mol. The van der Waals surface area contributed by atoms with Crippen LogP contribution in [0.25, 0.3) is 0 Å². The smallest absolute Gasteiger partial charge is 0.157 e. The topological polar surface area (TPSA) is 69.9 Å². The molecule has 0 aromatic heterocycles. The van der Waals surface area contributed by atoms with Gasteiger partial charge in [0.1, 0.15) is 5.75 Å². The molecule has 1 saturated heterocycles. The van der Waals surface area contributed by atoms with Gasteiger partial charge in [0.25, 0.3) is 0 Å². The van der Waals surface area contributed by atoms with E-state index in [1.807, 2.05) is 12.1 Å². The molecule has 3 rings (SSSR count). The summed E-state index contributed by atoms with van der Waals surface area (Å²) in [5.41, 5.74) is 1.89. The van der Waals surface area contributed by atoms with Crippen molar-refractivity contribution in [1.82, 2.24) is 0 Å². The highest BCUT2D eigenvalue weighted by Gasteiger charge is 2.40. The van der Waals surface area contributed by atoms with Crippen LogP contribution in [0.2, 0.25) is 0 Å². The van der Waals surface area contributed by atoms with Crippen molar-refractivity contribution < 1.29 is 20.1 Å². The molecule has 116 valence electrons. The average Bonchev–Trinajstić information content (AvgIpc) is 2.79. The lowest BCUT2D eigenvalue weighted by Gasteiger charge is -2.16. The summed E-state index contributed by atoms with van der Waals surface area (Å²) in [6, 6.07) is 11.9. The number of phenols is 3. The molecule has 0 unspecified atom stereocenters. The van der Waals surface area contributed by atoms with E-state index in [0.717, 1.165) is 11.1 Å². The molecule has 0 amide bonds. The molecule has 1 heterocycles. The zero-order valence-corrected chi connectivity index (χ0v) is 12.6. The van der Waals surface area contributed by atoms with E-state index in [1.54, 1.807) is 24.3 Å². The Morgan fingerprint density at radius 2 is 1.27 bits per heavy atom. The van der Waals surface area contributed by atoms with Gasteiger partial charge in [-0.3, -0.25) is 0 Å². The standard InChI is InChI=1S/C18H20O4/c1-10-11(2)18(13-5-8-15(20)16(21)9-13)22-17(10)12-3-6-14(19)7-4-12/h3-11,17-21H,1-2H3/t10-,11+,17-,18-/m0/s1. The van der Waals surface area contributed by atoms with Crippen LogP contribution in [-0.2, 0) is 4.74 Å². The Labute approximate surface area is 129 Å². The number of rotatable bonds is 2. The molecule has 0 bridgehead atoms. The predicted octanol–water partition coefficient (Wildman–Crippen LogP) is 3.89. The van der Waals surface area contributed by atoms with Crippen molar-refractivity contribution >= 4 is 0 Å². The molecule has 1 fully saturated rings. The molecule has 22 heavy (non-hydrogen) atoms. The van der Waals surface area contributed by atoms with Crippen molar-refractivity contribution in [3.8, 4) is 17.2 Å². The summed E-state index contributed by atoms with van der Waals surface area (Å²) in [5, 5.41) is 28.6. The first-order valence-corrected chi connectivity index (χ1v) is 7.43. The lowest BCUT2D eigenvalue weighted by Crippen LogP contribution is -2.09. The molecule has 2 aromatic carbocycles.